The van der Waals surface area contributed by atoms with E-state index in [-0.39, 0.29) is 47.4 Å². The number of carbonyl (C=O) groups is 12. The molecule has 88 heavy (non-hydrogen) atoms. The van der Waals surface area contributed by atoms with Crippen LogP contribution in [0.15, 0.2) is 17.2 Å². The first-order chi connectivity index (χ1) is 41.8. The van der Waals surface area contributed by atoms with Crippen LogP contribution in [0.3, 0.4) is 0 Å². The fourth-order valence-electron chi connectivity index (χ4n) is 10.9. The predicted molar refractivity (Wildman–Crippen MR) is 321 cm³/mol. The Morgan fingerprint density at radius 3 is 2.26 bits per heavy atom. The van der Waals surface area contributed by atoms with Crippen LogP contribution in [0.1, 0.15) is 116 Å². The number of Topliss-reactive ketones (excluding diaryl/α,β-unsaturated/α-hetero) is 2. The van der Waals surface area contributed by atoms with Gasteiger partial charge >= 0.3 is 5.97 Å². The summed E-state index contributed by atoms with van der Waals surface area (Å²) in [6, 6.07) is -3.67. The van der Waals surface area contributed by atoms with Gasteiger partial charge in [-0.05, 0) is 61.5 Å². The number of ether oxygens (including phenoxy) is 1. The number of hydrogen-bond donors (Lipinski definition) is 13. The summed E-state index contributed by atoms with van der Waals surface area (Å²) in [5, 5.41) is 59.4. The highest BCUT2D eigenvalue weighted by Crippen LogP contribution is 2.37. The number of methoxy groups -OCH3 is 1. The van der Waals surface area contributed by atoms with E-state index in [4.69, 9.17) is 15.6 Å². The number of aliphatic hydroxyl groups is 3. The molecule has 12 atom stereocenters. The van der Waals surface area contributed by atoms with E-state index in [0.717, 1.165) is 4.90 Å². The average molecular weight is 1280 g/mol. The van der Waals surface area contributed by atoms with Gasteiger partial charge in [0.05, 0.1) is 80.0 Å². The molecule has 28 nitrogen and oxygen atoms in total. The zero-order chi connectivity index (χ0) is 64.9. The second kappa shape index (κ2) is 34.7. The summed E-state index contributed by atoms with van der Waals surface area (Å²) in [5.74, 6) is -14.2. The van der Waals surface area contributed by atoms with E-state index in [1.807, 2.05) is 0 Å². The molecule has 1 fully saturated rings. The smallest absolute Gasteiger partial charge is 0.304 e. The van der Waals surface area contributed by atoms with Crippen molar-refractivity contribution in [3.63, 3.8) is 0 Å². The Bertz CT molecular complexity index is 2910. The van der Waals surface area contributed by atoms with Crippen molar-refractivity contribution in [2.45, 2.75) is 158 Å². The minimum absolute atomic E-state index is 0.0903. The maximum absolute atomic E-state index is 15.3. The number of benzene rings is 1. The number of hydrogen-bond acceptors (Lipinski definition) is 18. The molecule has 9 amide bonds. The first-order valence-corrected chi connectivity index (χ1v) is 32.2. The van der Waals surface area contributed by atoms with Crippen LogP contribution in [0.4, 0.5) is 0 Å². The minimum atomic E-state index is -2.41. The Morgan fingerprint density at radius 2 is 1.58 bits per heavy atom. The number of primary amides is 1. The van der Waals surface area contributed by atoms with Crippen molar-refractivity contribution in [1.29, 1.82) is 0 Å². The number of rotatable bonds is 24. The first kappa shape index (κ1) is 71.7. The van der Waals surface area contributed by atoms with Gasteiger partial charge in [0.1, 0.15) is 28.9 Å². The lowest BCUT2D eigenvalue weighted by molar-refractivity contribution is -0.144. The molecule has 30 heteroatoms. The molecule has 5 rings (SSSR count). The van der Waals surface area contributed by atoms with Gasteiger partial charge in [-0.25, -0.2) is 0 Å². The number of aliphatic hydroxyl groups excluding tert-OH is 3. The number of carboxylic acid groups (broad SMARTS) is 1. The second-order valence-corrected chi connectivity index (χ2v) is 25.4. The maximum atomic E-state index is 15.3. The number of nitrogens with two attached hydrogens (primary N) is 1. The number of nitrogens with one attached hydrogen (secondary N) is 8. The van der Waals surface area contributed by atoms with E-state index < -0.39 is 193 Å². The predicted octanol–water partition coefficient (Wildman–Crippen LogP) is -1.52. The number of aromatic amines is 1. The Balaban J connectivity index is 1.54. The van der Waals surface area contributed by atoms with E-state index in [1.54, 1.807) is 32.9 Å². The topological polar surface area (TPSA) is 441 Å². The SMILES string of the molecule is CC[C@H](C)[C@@H]1CC(=O)CNC(=O)[C@H]2CC(=O)[C@H]([C@@H](C)[C@@H](O)CO)NC(=O)[C@@H]3C[C@@H](O)CN3C(=O)[C@H](CC(N)=O)NC(=O)[C@H](CS(=O)c3[nH]c4c(CSCCCCNC(=O)CCCCCNC(=O)C(C)CC(=O)O)c(OC)ccc4c3C2)NC(=O)CNC1=O. The molecule has 2 unspecified atom stereocenters. The number of carbonyl (C=O) groups excluding carboxylic acids is 11. The highest BCUT2D eigenvalue weighted by Gasteiger charge is 2.45. The quantitative estimate of drug-likeness (QED) is 0.0531. The van der Waals surface area contributed by atoms with Crippen molar-refractivity contribution in [2.75, 3.05) is 57.9 Å². The Hall–Kier alpha value is -7.02. The van der Waals surface area contributed by atoms with Gasteiger partial charge in [-0.3, -0.25) is 61.7 Å². The largest absolute Gasteiger partial charge is 0.496 e. The Kier molecular flexibility index (Phi) is 28.3. The molecule has 488 valence electrons. The molecule has 0 saturated carbocycles. The van der Waals surface area contributed by atoms with Crippen molar-refractivity contribution < 1.29 is 86.9 Å². The molecule has 14 N–H and O–H groups in total. The zero-order valence-electron chi connectivity index (χ0n) is 50.4. The fraction of sp³-hybridized carbons (Fsp3) is 0.655. The van der Waals surface area contributed by atoms with Gasteiger partial charge in [0.15, 0.2) is 11.6 Å². The number of thioether (sulfide) groups is 1. The number of H-pyrrole nitrogens is 1. The monoisotopic (exact) mass is 1270 g/mol. The number of fused-ring (bicyclic) bond motifs is 5. The van der Waals surface area contributed by atoms with Gasteiger partial charge < -0.3 is 78.0 Å². The molecule has 1 aromatic heterocycles. The number of unbranched alkanes of at least 4 members (excludes halogenated alkanes) is 3. The van der Waals surface area contributed by atoms with Crippen molar-refractivity contribution in [1.82, 2.24) is 47.1 Å². The molecule has 1 aromatic carbocycles. The minimum Gasteiger partial charge on any atom is -0.496 e. The normalized spacial score (nSPS) is 24.3. The highest BCUT2D eigenvalue weighted by atomic mass is 32.2. The van der Waals surface area contributed by atoms with E-state index in [0.29, 0.717) is 79.6 Å². The van der Waals surface area contributed by atoms with Crippen LogP contribution in [-0.2, 0) is 80.5 Å². The number of amides is 9. The lowest BCUT2D eigenvalue weighted by Gasteiger charge is -2.32. The lowest BCUT2D eigenvalue weighted by Crippen LogP contribution is -2.60. The Labute approximate surface area is 516 Å². The van der Waals surface area contributed by atoms with Crippen LogP contribution >= 0.6 is 11.8 Å². The number of nitrogens with zero attached hydrogens (tertiary/aromatic N) is 1. The molecule has 0 radical (unpaired) electrons. The van der Waals surface area contributed by atoms with Gasteiger partial charge in [0.25, 0.3) is 0 Å². The van der Waals surface area contributed by atoms with Gasteiger partial charge in [0, 0.05) is 85.7 Å². The van der Waals surface area contributed by atoms with Crippen LogP contribution in [-0.4, -0.2) is 200 Å². The maximum Gasteiger partial charge on any atom is 0.304 e. The lowest BCUT2D eigenvalue weighted by atomic mass is 9.85. The molecule has 2 bridgehead atoms. The van der Waals surface area contributed by atoms with Crippen LogP contribution in [0.2, 0.25) is 0 Å². The van der Waals surface area contributed by atoms with E-state index >= 15 is 4.21 Å². The Morgan fingerprint density at radius 1 is 0.875 bits per heavy atom. The highest BCUT2D eigenvalue weighted by molar-refractivity contribution is 7.98. The summed E-state index contributed by atoms with van der Waals surface area (Å²) in [4.78, 5) is 167. The zero-order valence-corrected chi connectivity index (χ0v) is 52.0. The molecule has 3 aliphatic rings. The summed E-state index contributed by atoms with van der Waals surface area (Å²) in [6.07, 6.45) is -2.18. The summed E-state index contributed by atoms with van der Waals surface area (Å²) in [6.45, 7) is 4.40. The third kappa shape index (κ3) is 20.5. The molecule has 0 aliphatic carbocycles. The van der Waals surface area contributed by atoms with Gasteiger partial charge in [-0.15, -0.1) is 0 Å². The third-order valence-corrected chi connectivity index (χ3v) is 18.7. The standard InChI is InChI=1S/C58H86N10O18S2/c1-6-30(2)37-21-34(70)24-62-53(80)33-19-38-36-13-14-45(86-5)39(28-87-17-11-10-15-60-47(75)12-8-7-9-16-61-52(79)31(3)18-49(77)78)51(36)67-57(38)88(85)29-41(64-48(76)25-63-54(37)81)55(82)65-40(23-46(59)74)58(84)68-26-35(71)22-42(68)56(83)66-50(43(72)20-33)32(4)44(73)27-69/h13-14,30-33,35,37,40-42,44,50,67,69,71,73H,6-12,15-29H2,1-5H3,(H2,59,74)(H,60,75)(H,61,79)(H,62,80)(H,63,81)(H,64,76)(H,65,82)(H,66,83)(H,77,78)/t30-,31?,32-,33+,35+,37-,40-,41-,42-,44-,50-,88?/m0/s1. The van der Waals surface area contributed by atoms with Crippen LogP contribution in [0.25, 0.3) is 10.9 Å². The molecular formula is C58H86N10O18S2. The van der Waals surface area contributed by atoms with Crippen molar-refractivity contribution in [3.05, 3.63) is 23.3 Å². The molecular weight excluding hydrogens is 1190 g/mol. The van der Waals surface area contributed by atoms with Gasteiger partial charge in [-0.1, -0.05) is 40.5 Å². The molecule has 4 heterocycles. The molecule has 3 aliphatic heterocycles. The molecule has 0 spiro atoms. The van der Waals surface area contributed by atoms with Crippen LogP contribution < -0.4 is 47.7 Å². The van der Waals surface area contributed by atoms with Crippen molar-refractivity contribution in [3.8, 4) is 5.75 Å². The average Bonchev–Trinajstić information content (AvgIpc) is 1.98. The fourth-order valence-corrected chi connectivity index (χ4v) is 13.3. The molecule has 2 aromatic rings. The number of aliphatic carboxylic acids is 1. The summed E-state index contributed by atoms with van der Waals surface area (Å²) >= 11 is 1.50. The van der Waals surface area contributed by atoms with Crippen molar-refractivity contribution >= 4 is 104 Å². The van der Waals surface area contributed by atoms with Crippen LogP contribution in [0, 0.1) is 29.6 Å². The van der Waals surface area contributed by atoms with Crippen molar-refractivity contribution in [2.24, 2.45) is 35.3 Å². The van der Waals surface area contributed by atoms with Gasteiger partial charge in [0.2, 0.25) is 53.2 Å². The summed E-state index contributed by atoms with van der Waals surface area (Å²) < 4.78 is 21.1. The van der Waals surface area contributed by atoms with E-state index in [2.05, 4.69) is 42.2 Å². The molecule has 1 saturated heterocycles. The second-order valence-electron chi connectivity index (χ2n) is 22.9. The number of ketones is 2. The van der Waals surface area contributed by atoms with E-state index in [1.165, 1.54) is 25.8 Å². The number of aromatic nitrogens is 1. The first-order valence-electron chi connectivity index (χ1n) is 29.8. The summed E-state index contributed by atoms with van der Waals surface area (Å²) in [7, 11) is -0.969. The third-order valence-electron chi connectivity index (χ3n) is 16.2. The van der Waals surface area contributed by atoms with Gasteiger partial charge in [-0.2, -0.15) is 11.8 Å². The van der Waals surface area contributed by atoms with Crippen LogP contribution in [0.5, 0.6) is 5.75 Å². The number of carboxylic acids is 1. The summed E-state index contributed by atoms with van der Waals surface area (Å²) in [5.41, 5.74) is 6.72. The van der Waals surface area contributed by atoms with E-state index in [9.17, 15) is 72.9 Å².